The van der Waals surface area contributed by atoms with E-state index in [1.165, 1.54) is 11.3 Å². The van der Waals surface area contributed by atoms with Gasteiger partial charge in [-0.3, -0.25) is 4.79 Å². The van der Waals surface area contributed by atoms with Crippen molar-refractivity contribution < 1.29 is 9.32 Å². The van der Waals surface area contributed by atoms with Crippen LogP contribution in [0, 0.1) is 0 Å². The highest BCUT2D eigenvalue weighted by molar-refractivity contribution is 7.09. The van der Waals surface area contributed by atoms with Crippen LogP contribution in [0.15, 0.2) is 40.2 Å². The van der Waals surface area contributed by atoms with Crippen LogP contribution in [0.2, 0.25) is 0 Å². The molecule has 1 amide bonds. The summed E-state index contributed by atoms with van der Waals surface area (Å²) in [6.07, 6.45) is 0.665. The number of carbonyl (C=O) groups is 1. The van der Waals surface area contributed by atoms with E-state index in [0.29, 0.717) is 30.4 Å². The normalized spacial score (nSPS) is 12.1. The Bertz CT molecular complexity index is 815. The van der Waals surface area contributed by atoms with E-state index < -0.39 is 6.04 Å². The van der Waals surface area contributed by atoms with Gasteiger partial charge in [0.05, 0.1) is 11.0 Å². The summed E-state index contributed by atoms with van der Waals surface area (Å²) in [7, 11) is 0. The average molecular weight is 343 g/mol. The van der Waals surface area contributed by atoms with Gasteiger partial charge in [-0.2, -0.15) is 4.98 Å². The molecule has 1 unspecified atom stereocenters. The molecule has 0 saturated carbocycles. The lowest BCUT2D eigenvalue weighted by Crippen LogP contribution is -2.27. The number of rotatable bonds is 6. The van der Waals surface area contributed by atoms with Crippen molar-refractivity contribution in [3.8, 4) is 11.5 Å². The number of nitrogens with two attached hydrogens (primary N) is 1. The Morgan fingerprint density at radius 3 is 2.88 bits per heavy atom. The van der Waals surface area contributed by atoms with Crippen molar-refractivity contribution in [2.75, 3.05) is 6.54 Å². The predicted molar refractivity (Wildman–Crippen MR) is 90.5 cm³/mol. The lowest BCUT2D eigenvalue weighted by atomic mass is 10.2. The third-order valence-corrected chi connectivity index (χ3v) is 4.25. The molecule has 0 spiro atoms. The van der Waals surface area contributed by atoms with Crippen LogP contribution in [-0.2, 0) is 6.42 Å². The van der Waals surface area contributed by atoms with Gasteiger partial charge >= 0.3 is 0 Å². The maximum atomic E-state index is 12.2. The second kappa shape index (κ2) is 7.33. The van der Waals surface area contributed by atoms with Crippen LogP contribution in [-0.4, -0.2) is 27.6 Å². The van der Waals surface area contributed by atoms with Crippen molar-refractivity contribution in [2.45, 2.75) is 19.4 Å². The molecule has 0 fully saturated rings. The molecule has 0 saturated heterocycles. The Hall–Kier alpha value is -2.58. The number of carbonyl (C=O) groups excluding carboxylic acids is 1. The van der Waals surface area contributed by atoms with Crippen LogP contribution >= 0.6 is 11.3 Å². The molecular formula is C16H17N5O2S. The molecule has 0 radical (unpaired) electrons. The van der Waals surface area contributed by atoms with Crippen molar-refractivity contribution in [2.24, 2.45) is 5.73 Å². The second-order valence-corrected chi connectivity index (χ2v) is 6.13. The minimum atomic E-state index is -0.390. The fourth-order valence-corrected chi connectivity index (χ4v) is 2.89. The molecule has 3 rings (SSSR count). The molecule has 24 heavy (non-hydrogen) atoms. The van der Waals surface area contributed by atoms with Crippen molar-refractivity contribution in [1.82, 2.24) is 20.4 Å². The summed E-state index contributed by atoms with van der Waals surface area (Å²) < 4.78 is 5.26. The van der Waals surface area contributed by atoms with Crippen LogP contribution < -0.4 is 11.1 Å². The van der Waals surface area contributed by atoms with Crippen LogP contribution in [0.3, 0.4) is 0 Å². The van der Waals surface area contributed by atoms with Gasteiger partial charge in [-0.15, -0.1) is 11.3 Å². The van der Waals surface area contributed by atoms with E-state index in [9.17, 15) is 4.79 Å². The minimum Gasteiger partial charge on any atom is -0.341 e. The van der Waals surface area contributed by atoms with Gasteiger partial charge in [0.2, 0.25) is 0 Å². The number of nitrogens with zero attached hydrogens (tertiary/aromatic N) is 3. The molecule has 0 aliphatic rings. The van der Waals surface area contributed by atoms with Gasteiger partial charge in [0.15, 0.2) is 5.82 Å². The van der Waals surface area contributed by atoms with Gasteiger partial charge in [-0.1, -0.05) is 23.4 Å². The first kappa shape index (κ1) is 16.3. The van der Waals surface area contributed by atoms with Crippen LogP contribution in [0.5, 0.6) is 0 Å². The number of hydrogen-bond acceptors (Lipinski definition) is 7. The largest absolute Gasteiger partial charge is 0.341 e. The third-order valence-electron chi connectivity index (χ3n) is 3.34. The maximum Gasteiger partial charge on any atom is 0.271 e. The number of amides is 1. The Kier molecular flexibility index (Phi) is 4.97. The highest BCUT2D eigenvalue weighted by Crippen LogP contribution is 2.19. The molecule has 3 N–H and O–H groups in total. The summed E-state index contributed by atoms with van der Waals surface area (Å²) in [4.78, 5) is 20.8. The fraction of sp³-hybridized carbons (Fsp3) is 0.250. The van der Waals surface area contributed by atoms with Gasteiger partial charge < -0.3 is 15.6 Å². The summed E-state index contributed by atoms with van der Waals surface area (Å²) in [6.45, 7) is 2.31. The molecule has 1 atom stereocenters. The van der Waals surface area contributed by atoms with E-state index in [1.807, 2.05) is 30.3 Å². The van der Waals surface area contributed by atoms with Crippen molar-refractivity contribution >= 4 is 17.2 Å². The summed E-state index contributed by atoms with van der Waals surface area (Å²) in [5.41, 5.74) is 6.70. The molecular weight excluding hydrogens is 326 g/mol. The summed E-state index contributed by atoms with van der Waals surface area (Å²) in [5, 5.41) is 9.33. The zero-order chi connectivity index (χ0) is 16.9. The molecule has 124 valence electrons. The fourth-order valence-electron chi connectivity index (χ4n) is 2.10. The number of thiazole rings is 1. The van der Waals surface area contributed by atoms with Crippen LogP contribution in [0.1, 0.15) is 34.3 Å². The molecule has 1 aromatic carbocycles. The van der Waals surface area contributed by atoms with Gasteiger partial charge in [0.1, 0.15) is 5.69 Å². The van der Waals surface area contributed by atoms with E-state index in [-0.39, 0.29) is 5.91 Å². The molecule has 2 aromatic heterocycles. The van der Waals surface area contributed by atoms with E-state index in [0.717, 1.165) is 10.6 Å². The average Bonchev–Trinajstić information content (AvgIpc) is 3.25. The molecule has 8 heteroatoms. The first-order valence-corrected chi connectivity index (χ1v) is 8.39. The van der Waals surface area contributed by atoms with E-state index in [1.54, 1.807) is 12.3 Å². The maximum absolute atomic E-state index is 12.2. The predicted octanol–water partition coefficient (Wildman–Crippen LogP) is 2.19. The Morgan fingerprint density at radius 1 is 1.33 bits per heavy atom. The van der Waals surface area contributed by atoms with E-state index in [2.05, 4.69) is 20.4 Å². The SMILES string of the molecule is CC(NC(=O)c1csc(CCN)n1)c1noc(-c2ccccc2)n1. The number of nitrogens with one attached hydrogen (secondary N) is 1. The summed E-state index contributed by atoms with van der Waals surface area (Å²) in [6, 6.07) is 9.08. The van der Waals surface area contributed by atoms with Gasteiger partial charge in [0, 0.05) is 17.4 Å². The monoisotopic (exact) mass is 343 g/mol. The van der Waals surface area contributed by atoms with Gasteiger partial charge in [0.25, 0.3) is 11.8 Å². The Balaban J connectivity index is 1.67. The lowest BCUT2D eigenvalue weighted by molar-refractivity contribution is 0.0933. The lowest BCUT2D eigenvalue weighted by Gasteiger charge is -2.08. The third kappa shape index (κ3) is 3.66. The van der Waals surface area contributed by atoms with Crippen molar-refractivity contribution in [3.63, 3.8) is 0 Å². The second-order valence-electron chi connectivity index (χ2n) is 5.18. The topological polar surface area (TPSA) is 107 Å². The van der Waals surface area contributed by atoms with E-state index in [4.69, 9.17) is 10.3 Å². The Morgan fingerprint density at radius 2 is 2.12 bits per heavy atom. The van der Waals surface area contributed by atoms with E-state index >= 15 is 0 Å². The van der Waals surface area contributed by atoms with Crippen molar-refractivity contribution in [1.29, 1.82) is 0 Å². The first-order valence-electron chi connectivity index (χ1n) is 7.51. The smallest absolute Gasteiger partial charge is 0.271 e. The zero-order valence-corrected chi connectivity index (χ0v) is 13.9. The molecule has 0 bridgehead atoms. The van der Waals surface area contributed by atoms with Gasteiger partial charge in [-0.25, -0.2) is 4.98 Å². The molecule has 3 aromatic rings. The summed E-state index contributed by atoms with van der Waals surface area (Å²) in [5.74, 6) is 0.568. The highest BCUT2D eigenvalue weighted by Gasteiger charge is 2.19. The molecule has 0 aliphatic heterocycles. The van der Waals surface area contributed by atoms with Gasteiger partial charge in [-0.05, 0) is 25.6 Å². The standard InChI is InChI=1S/C16H17N5O2S/c1-10(18-15(22)12-9-24-13(19-12)7-8-17)14-20-16(23-21-14)11-5-3-2-4-6-11/h2-6,9-10H,7-8,17H2,1H3,(H,18,22). The molecule has 2 heterocycles. The van der Waals surface area contributed by atoms with Crippen LogP contribution in [0.25, 0.3) is 11.5 Å². The molecule has 0 aliphatic carbocycles. The molecule has 7 nitrogen and oxygen atoms in total. The number of aromatic nitrogens is 3. The summed E-state index contributed by atoms with van der Waals surface area (Å²) >= 11 is 1.43. The first-order chi connectivity index (χ1) is 11.7. The zero-order valence-electron chi connectivity index (χ0n) is 13.1. The van der Waals surface area contributed by atoms with Crippen LogP contribution in [0.4, 0.5) is 0 Å². The quantitative estimate of drug-likeness (QED) is 0.710. The number of benzene rings is 1. The Labute approximate surface area is 142 Å². The highest BCUT2D eigenvalue weighted by atomic mass is 32.1. The van der Waals surface area contributed by atoms with Crippen molar-refractivity contribution in [3.05, 3.63) is 52.2 Å². The number of hydrogen-bond donors (Lipinski definition) is 2. The minimum absolute atomic E-state index is 0.270.